The van der Waals surface area contributed by atoms with Crippen LogP contribution in [0.15, 0.2) is 24.3 Å². The smallest absolute Gasteiger partial charge is 0.275 e. The Morgan fingerprint density at radius 3 is 2.03 bits per heavy atom. The highest BCUT2D eigenvalue weighted by Gasteiger charge is 2.27. The molecule has 0 bridgehead atoms. The Morgan fingerprint density at radius 1 is 1.00 bits per heavy atom. The van der Waals surface area contributed by atoms with Crippen LogP contribution in [0.3, 0.4) is 0 Å². The van der Waals surface area contributed by atoms with Gasteiger partial charge in [0.05, 0.1) is 32.7 Å². The van der Waals surface area contributed by atoms with Gasteiger partial charge in [0.15, 0.2) is 6.54 Å². The van der Waals surface area contributed by atoms with Crippen molar-refractivity contribution < 1.29 is 19.3 Å². The number of amides is 3. The van der Waals surface area contributed by atoms with Crippen LogP contribution in [-0.2, 0) is 15.0 Å². The van der Waals surface area contributed by atoms with Gasteiger partial charge in [-0.05, 0) is 43.9 Å². The Hall–Kier alpha value is -2.41. The molecule has 1 saturated heterocycles. The first-order valence-corrected chi connectivity index (χ1v) is 11.0. The summed E-state index contributed by atoms with van der Waals surface area (Å²) in [4.78, 5) is 42.0. The maximum absolute atomic E-state index is 12.7. The van der Waals surface area contributed by atoms with Crippen LogP contribution in [0.1, 0.15) is 57.5 Å². The number of nitrogens with zero attached hydrogens (tertiary/aromatic N) is 2. The van der Waals surface area contributed by atoms with Crippen molar-refractivity contribution in [2.75, 3.05) is 46.3 Å². The lowest BCUT2D eigenvalue weighted by molar-refractivity contribution is -0.896. The number of likely N-dealkylation sites (N-methyl/N-ethyl adjacent to an activating group) is 1. The number of hydrogen-bond acceptors (Lipinski definition) is 3. The van der Waals surface area contributed by atoms with E-state index < -0.39 is 0 Å². The summed E-state index contributed by atoms with van der Waals surface area (Å²) in [6.45, 7) is 15.4. The van der Waals surface area contributed by atoms with Crippen molar-refractivity contribution in [2.45, 2.75) is 52.5 Å². The predicted octanol–water partition coefficient (Wildman–Crippen LogP) is 0.698. The molecule has 7 heteroatoms. The fourth-order valence-corrected chi connectivity index (χ4v) is 3.65. The molecule has 0 aliphatic carbocycles. The second-order valence-corrected chi connectivity index (χ2v) is 10.6. The zero-order valence-electron chi connectivity index (χ0n) is 20.2. The summed E-state index contributed by atoms with van der Waals surface area (Å²) in [6.07, 6.45) is 0. The lowest BCUT2D eigenvalue weighted by Crippen LogP contribution is -3.16. The summed E-state index contributed by atoms with van der Waals surface area (Å²) in [5.74, 6) is -0.178. The zero-order chi connectivity index (χ0) is 23.4. The first-order valence-electron chi connectivity index (χ1n) is 11.0. The van der Waals surface area contributed by atoms with Crippen LogP contribution in [0.5, 0.6) is 0 Å². The Morgan fingerprint density at radius 2 is 1.55 bits per heavy atom. The largest absolute Gasteiger partial charge is 0.347 e. The maximum atomic E-state index is 12.7. The molecular formula is C24H39N4O3+. The van der Waals surface area contributed by atoms with Crippen LogP contribution in [0.4, 0.5) is 0 Å². The van der Waals surface area contributed by atoms with Gasteiger partial charge in [0.25, 0.3) is 11.8 Å². The molecule has 1 aliphatic rings. The third-order valence-electron chi connectivity index (χ3n) is 5.47. The minimum atomic E-state index is -0.238. The quantitative estimate of drug-likeness (QED) is 0.721. The molecule has 0 saturated carbocycles. The summed E-state index contributed by atoms with van der Waals surface area (Å²) in [5, 5.41) is 2.98. The average molecular weight is 432 g/mol. The van der Waals surface area contributed by atoms with Crippen molar-refractivity contribution in [2.24, 2.45) is 0 Å². The van der Waals surface area contributed by atoms with Crippen LogP contribution in [0.25, 0.3) is 0 Å². The molecule has 1 heterocycles. The second-order valence-electron chi connectivity index (χ2n) is 10.6. The van der Waals surface area contributed by atoms with Crippen molar-refractivity contribution in [1.82, 2.24) is 15.1 Å². The van der Waals surface area contributed by atoms with E-state index in [0.717, 1.165) is 13.1 Å². The number of benzene rings is 1. The van der Waals surface area contributed by atoms with Crippen molar-refractivity contribution in [3.8, 4) is 0 Å². The number of carbonyl (C=O) groups is 3. The molecule has 0 radical (unpaired) electrons. The molecule has 2 rings (SSSR count). The Bertz CT molecular complexity index is 783. The van der Waals surface area contributed by atoms with Gasteiger partial charge in [-0.15, -0.1) is 0 Å². The van der Waals surface area contributed by atoms with E-state index in [1.54, 1.807) is 11.9 Å². The molecule has 0 unspecified atom stereocenters. The molecule has 7 nitrogen and oxygen atoms in total. The Labute approximate surface area is 186 Å². The van der Waals surface area contributed by atoms with Crippen LogP contribution in [-0.4, -0.2) is 79.4 Å². The minimum absolute atomic E-state index is 0.0288. The van der Waals surface area contributed by atoms with Crippen LogP contribution >= 0.6 is 0 Å². The van der Waals surface area contributed by atoms with Crippen LogP contribution < -0.4 is 10.2 Å². The second kappa shape index (κ2) is 9.81. The predicted molar refractivity (Wildman–Crippen MR) is 122 cm³/mol. The fraction of sp³-hybridized carbons (Fsp3) is 0.625. The van der Waals surface area contributed by atoms with Gasteiger partial charge in [-0.1, -0.05) is 32.9 Å². The third kappa shape index (κ3) is 7.65. The van der Waals surface area contributed by atoms with Gasteiger partial charge in [0, 0.05) is 18.2 Å². The highest BCUT2D eigenvalue weighted by atomic mass is 16.2. The summed E-state index contributed by atoms with van der Waals surface area (Å²) in [5.41, 5.74) is 1.54. The molecule has 1 aromatic rings. The SMILES string of the molecule is CN(CC(=O)N1CC[NH+](CC(=O)NC(C)(C)C)CC1)C(=O)c1ccc(C(C)(C)C)cc1. The van der Waals surface area contributed by atoms with E-state index in [-0.39, 0.29) is 35.2 Å². The number of carbonyl (C=O) groups excluding carboxylic acids is 3. The van der Waals surface area contributed by atoms with E-state index in [9.17, 15) is 14.4 Å². The first-order chi connectivity index (χ1) is 14.3. The standard InChI is InChI=1S/C24H38N4O3/c1-23(2,3)19-10-8-18(9-11-19)22(31)26(7)17-21(30)28-14-12-27(13-15-28)16-20(29)25-24(4,5)6/h8-11H,12-17H2,1-7H3,(H,25,29)/p+1. The third-order valence-corrected chi connectivity index (χ3v) is 5.47. The lowest BCUT2D eigenvalue weighted by atomic mass is 9.86. The van der Waals surface area contributed by atoms with E-state index in [4.69, 9.17) is 0 Å². The molecule has 0 spiro atoms. The maximum Gasteiger partial charge on any atom is 0.275 e. The highest BCUT2D eigenvalue weighted by molar-refractivity contribution is 5.96. The zero-order valence-corrected chi connectivity index (χ0v) is 20.2. The number of nitrogens with one attached hydrogen (secondary N) is 2. The molecule has 1 aromatic carbocycles. The van der Waals surface area contributed by atoms with Crippen LogP contribution in [0, 0.1) is 0 Å². The average Bonchev–Trinajstić information content (AvgIpc) is 2.65. The van der Waals surface area contributed by atoms with E-state index >= 15 is 0 Å². The van der Waals surface area contributed by atoms with Crippen molar-refractivity contribution in [1.29, 1.82) is 0 Å². The fourth-order valence-electron chi connectivity index (χ4n) is 3.65. The van der Waals surface area contributed by atoms with Crippen LogP contribution in [0.2, 0.25) is 0 Å². The Kier molecular flexibility index (Phi) is 7.87. The molecule has 2 N–H and O–H groups in total. The van der Waals surface area contributed by atoms with Gasteiger partial charge in [0.1, 0.15) is 0 Å². The number of quaternary nitrogens is 1. The molecule has 0 atom stereocenters. The molecular weight excluding hydrogens is 392 g/mol. The minimum Gasteiger partial charge on any atom is -0.347 e. The molecule has 0 aromatic heterocycles. The van der Waals surface area contributed by atoms with E-state index in [1.807, 2.05) is 45.0 Å². The van der Waals surface area contributed by atoms with Gasteiger partial charge in [-0.2, -0.15) is 0 Å². The molecule has 31 heavy (non-hydrogen) atoms. The summed E-state index contributed by atoms with van der Waals surface area (Å²) in [6, 6.07) is 7.60. The van der Waals surface area contributed by atoms with E-state index in [1.165, 1.54) is 15.4 Å². The number of rotatable bonds is 5. The lowest BCUT2D eigenvalue weighted by Gasteiger charge is -2.33. The topological polar surface area (TPSA) is 74.2 Å². The van der Waals surface area contributed by atoms with Gasteiger partial charge in [0.2, 0.25) is 5.91 Å². The summed E-state index contributed by atoms with van der Waals surface area (Å²) in [7, 11) is 1.66. The number of piperazine rings is 1. The van der Waals surface area contributed by atoms with Crippen molar-refractivity contribution in [3.63, 3.8) is 0 Å². The molecule has 172 valence electrons. The van der Waals surface area contributed by atoms with Gasteiger partial charge >= 0.3 is 0 Å². The van der Waals surface area contributed by atoms with Gasteiger partial charge in [-0.25, -0.2) is 0 Å². The monoisotopic (exact) mass is 431 g/mol. The summed E-state index contributed by atoms with van der Waals surface area (Å²) < 4.78 is 0. The van der Waals surface area contributed by atoms with Gasteiger partial charge < -0.3 is 20.0 Å². The van der Waals surface area contributed by atoms with Gasteiger partial charge in [-0.3, -0.25) is 14.4 Å². The van der Waals surface area contributed by atoms with E-state index in [0.29, 0.717) is 25.2 Å². The molecule has 1 fully saturated rings. The van der Waals surface area contributed by atoms with Crippen molar-refractivity contribution >= 4 is 17.7 Å². The molecule has 1 aliphatic heterocycles. The van der Waals surface area contributed by atoms with Crippen molar-refractivity contribution in [3.05, 3.63) is 35.4 Å². The first kappa shape index (κ1) is 24.9. The number of hydrogen-bond donors (Lipinski definition) is 2. The highest BCUT2D eigenvalue weighted by Crippen LogP contribution is 2.22. The summed E-state index contributed by atoms with van der Waals surface area (Å²) >= 11 is 0. The van der Waals surface area contributed by atoms with E-state index in [2.05, 4.69) is 26.1 Å². The molecule has 3 amide bonds. The normalized spacial score (nSPS) is 15.5. The Balaban J connectivity index is 1.83.